The molecule has 0 aliphatic carbocycles. The van der Waals surface area contributed by atoms with E-state index in [0.29, 0.717) is 33.8 Å². The molecule has 0 aliphatic rings. The molecular weight excluding hydrogens is 498 g/mol. The monoisotopic (exact) mass is 529 g/mol. The highest BCUT2D eigenvalue weighted by Gasteiger charge is 2.28. The van der Waals surface area contributed by atoms with Crippen LogP contribution in [0, 0.1) is 11.3 Å². The Labute approximate surface area is 227 Å². The summed E-state index contributed by atoms with van der Waals surface area (Å²) in [5.41, 5.74) is 1.28. The second-order valence-corrected chi connectivity index (χ2v) is 9.72. The summed E-state index contributed by atoms with van der Waals surface area (Å²) in [7, 11) is 2.97. The first-order valence-corrected chi connectivity index (χ1v) is 12.1. The third-order valence-corrected chi connectivity index (χ3v) is 5.47. The predicted molar refractivity (Wildman–Crippen MR) is 150 cm³/mol. The van der Waals surface area contributed by atoms with Gasteiger partial charge in [-0.25, -0.2) is 9.78 Å². The minimum Gasteiger partial charge on any atom is -0.495 e. The van der Waals surface area contributed by atoms with Crippen LogP contribution in [0.15, 0.2) is 54.6 Å². The zero-order valence-corrected chi connectivity index (χ0v) is 22.8. The van der Waals surface area contributed by atoms with E-state index < -0.39 is 17.6 Å². The first kappa shape index (κ1) is 28.7. The molecule has 1 heterocycles. The van der Waals surface area contributed by atoms with Crippen molar-refractivity contribution >= 4 is 40.1 Å². The van der Waals surface area contributed by atoms with Gasteiger partial charge in [-0.2, -0.15) is 5.26 Å². The molecule has 202 valence electrons. The summed E-state index contributed by atoms with van der Waals surface area (Å²) >= 11 is 0. The van der Waals surface area contributed by atoms with E-state index >= 15 is 0 Å². The number of pyridine rings is 1. The minimum absolute atomic E-state index is 0.116. The number of fused-ring (bicyclic) bond motifs is 1. The zero-order chi connectivity index (χ0) is 28.9. The Morgan fingerprint density at radius 2 is 1.82 bits per heavy atom. The van der Waals surface area contributed by atoms with E-state index in [1.165, 1.54) is 32.0 Å². The highest BCUT2D eigenvalue weighted by molar-refractivity contribution is 6.06. The molecule has 3 amide bonds. The van der Waals surface area contributed by atoms with E-state index in [0.717, 1.165) is 5.39 Å². The van der Waals surface area contributed by atoms with Crippen LogP contribution in [-0.4, -0.2) is 49.2 Å². The van der Waals surface area contributed by atoms with E-state index in [1.54, 1.807) is 39.0 Å². The van der Waals surface area contributed by atoms with Crippen LogP contribution in [0.3, 0.4) is 0 Å². The van der Waals surface area contributed by atoms with Crippen LogP contribution < -0.4 is 20.3 Å². The average molecular weight is 530 g/mol. The number of carbonyl (C=O) groups is 3. The standard InChI is InChI=1S/C29H31N5O5/c1-17(15-30)16-34(28(37)39-29(3,4)5)26-22-12-20(9-8-19(22)10-11-25(26)38-7)23-13-21(32-18(2)35)14-24(33-23)27(36)31-6/h8-14H,1,16H2,2-7H3,(H,31,36)(H,32,33,35). The smallest absolute Gasteiger partial charge is 0.415 e. The van der Waals surface area contributed by atoms with E-state index in [9.17, 15) is 19.6 Å². The third kappa shape index (κ3) is 6.90. The lowest BCUT2D eigenvalue weighted by atomic mass is 10.0. The molecule has 3 rings (SSSR count). The molecular formula is C29H31N5O5. The van der Waals surface area contributed by atoms with Gasteiger partial charge in [-0.3, -0.25) is 14.5 Å². The zero-order valence-electron chi connectivity index (χ0n) is 22.8. The molecule has 3 aromatic rings. The molecule has 0 unspecified atom stereocenters. The molecule has 1 aromatic heterocycles. The van der Waals surface area contributed by atoms with Crippen LogP contribution in [-0.2, 0) is 9.53 Å². The van der Waals surface area contributed by atoms with E-state index in [1.807, 2.05) is 24.3 Å². The lowest BCUT2D eigenvalue weighted by Gasteiger charge is -2.29. The van der Waals surface area contributed by atoms with Gasteiger partial charge in [-0.05, 0) is 50.4 Å². The highest BCUT2D eigenvalue weighted by atomic mass is 16.6. The Morgan fingerprint density at radius 1 is 1.13 bits per heavy atom. The number of hydrogen-bond donors (Lipinski definition) is 2. The summed E-state index contributed by atoms with van der Waals surface area (Å²) in [6.07, 6.45) is -0.678. The van der Waals surface area contributed by atoms with Gasteiger partial charge in [-0.15, -0.1) is 0 Å². The van der Waals surface area contributed by atoms with Gasteiger partial charge in [0.05, 0.1) is 31.1 Å². The van der Waals surface area contributed by atoms with Gasteiger partial charge < -0.3 is 20.1 Å². The van der Waals surface area contributed by atoms with E-state index in [-0.39, 0.29) is 23.7 Å². The summed E-state index contributed by atoms with van der Waals surface area (Å²) in [6, 6.07) is 14.1. The SMILES string of the molecule is C=C(C#N)CN(C(=O)OC(C)(C)C)c1c(OC)ccc2ccc(-c3cc(NC(C)=O)cc(C(=O)NC)n3)cc12. The molecule has 2 aromatic carbocycles. The number of nitrogens with zero attached hydrogens (tertiary/aromatic N) is 3. The number of hydrogen-bond acceptors (Lipinski definition) is 7. The average Bonchev–Trinajstić information content (AvgIpc) is 2.88. The molecule has 0 spiro atoms. The number of anilines is 2. The number of rotatable bonds is 7. The van der Waals surface area contributed by atoms with Gasteiger partial charge in [0.2, 0.25) is 5.91 Å². The molecule has 0 fully saturated rings. The number of aromatic nitrogens is 1. The number of nitrogens with one attached hydrogen (secondary N) is 2. The number of amides is 3. The van der Waals surface area contributed by atoms with Crippen molar-refractivity contribution in [2.75, 3.05) is 30.9 Å². The summed E-state index contributed by atoms with van der Waals surface area (Å²) in [6.45, 7) is 10.2. The van der Waals surface area contributed by atoms with Crippen molar-refractivity contribution < 1.29 is 23.9 Å². The van der Waals surface area contributed by atoms with Crippen LogP contribution in [0.25, 0.3) is 22.0 Å². The molecule has 0 saturated heterocycles. The van der Waals surface area contributed by atoms with Crippen LogP contribution in [0.4, 0.5) is 16.2 Å². The van der Waals surface area contributed by atoms with Crippen molar-refractivity contribution in [3.05, 3.63) is 60.3 Å². The number of carbonyl (C=O) groups excluding carboxylic acids is 3. The van der Waals surface area contributed by atoms with Crippen molar-refractivity contribution in [3.63, 3.8) is 0 Å². The summed E-state index contributed by atoms with van der Waals surface area (Å²) in [5, 5.41) is 16.0. The molecule has 0 aliphatic heterocycles. The maximum atomic E-state index is 13.4. The lowest BCUT2D eigenvalue weighted by molar-refractivity contribution is -0.114. The maximum absolute atomic E-state index is 13.4. The fourth-order valence-electron chi connectivity index (χ4n) is 3.86. The second-order valence-electron chi connectivity index (χ2n) is 9.72. The van der Waals surface area contributed by atoms with Crippen LogP contribution in [0.2, 0.25) is 0 Å². The van der Waals surface area contributed by atoms with Crippen molar-refractivity contribution in [2.45, 2.75) is 33.3 Å². The van der Waals surface area contributed by atoms with Gasteiger partial charge in [0.15, 0.2) is 0 Å². The topological polar surface area (TPSA) is 134 Å². The predicted octanol–water partition coefficient (Wildman–Crippen LogP) is 5.05. The van der Waals surface area contributed by atoms with Crippen molar-refractivity contribution in [1.82, 2.24) is 10.3 Å². The Balaban J connectivity index is 2.29. The normalized spacial score (nSPS) is 10.8. The number of nitriles is 1. The molecule has 0 bridgehead atoms. The Hall–Kier alpha value is -4.91. The first-order chi connectivity index (χ1) is 18.4. The molecule has 10 nitrogen and oxygen atoms in total. The van der Waals surface area contributed by atoms with Crippen LogP contribution in [0.5, 0.6) is 5.75 Å². The summed E-state index contributed by atoms with van der Waals surface area (Å²) < 4.78 is 11.3. The van der Waals surface area contributed by atoms with Gasteiger partial charge >= 0.3 is 6.09 Å². The molecule has 2 N–H and O–H groups in total. The Morgan fingerprint density at radius 3 is 2.41 bits per heavy atom. The minimum atomic E-state index is -0.795. The quantitative estimate of drug-likeness (QED) is 0.409. The first-order valence-electron chi connectivity index (χ1n) is 12.1. The molecule has 0 saturated carbocycles. The summed E-state index contributed by atoms with van der Waals surface area (Å²) in [5.74, 6) is -0.341. The molecule has 39 heavy (non-hydrogen) atoms. The number of methoxy groups -OCH3 is 1. The van der Waals surface area contributed by atoms with Crippen molar-refractivity contribution in [1.29, 1.82) is 5.26 Å². The van der Waals surface area contributed by atoms with Gasteiger partial charge in [-0.1, -0.05) is 24.8 Å². The lowest BCUT2D eigenvalue weighted by Crippen LogP contribution is -2.38. The third-order valence-electron chi connectivity index (χ3n) is 5.47. The molecule has 0 radical (unpaired) electrons. The van der Waals surface area contributed by atoms with Crippen LogP contribution in [0.1, 0.15) is 38.2 Å². The van der Waals surface area contributed by atoms with Crippen LogP contribution >= 0.6 is 0 Å². The number of ether oxygens (including phenoxy) is 2. The van der Waals surface area contributed by atoms with Crippen molar-refractivity contribution in [3.8, 4) is 23.1 Å². The van der Waals surface area contributed by atoms with Gasteiger partial charge in [0.25, 0.3) is 5.91 Å². The van der Waals surface area contributed by atoms with Gasteiger partial charge in [0.1, 0.15) is 17.0 Å². The van der Waals surface area contributed by atoms with E-state index in [4.69, 9.17) is 9.47 Å². The van der Waals surface area contributed by atoms with E-state index in [2.05, 4.69) is 22.2 Å². The molecule has 10 heteroatoms. The number of benzene rings is 2. The highest BCUT2D eigenvalue weighted by Crippen LogP contribution is 2.39. The Bertz CT molecular complexity index is 1500. The maximum Gasteiger partial charge on any atom is 0.415 e. The van der Waals surface area contributed by atoms with Crippen molar-refractivity contribution in [2.24, 2.45) is 0 Å². The second kappa shape index (κ2) is 11.6. The fourth-order valence-corrected chi connectivity index (χ4v) is 3.86. The molecule has 0 atom stereocenters. The Kier molecular flexibility index (Phi) is 8.56. The van der Waals surface area contributed by atoms with Gasteiger partial charge in [0, 0.05) is 36.2 Å². The fraction of sp³-hybridized carbons (Fsp3) is 0.276. The summed E-state index contributed by atoms with van der Waals surface area (Å²) in [4.78, 5) is 43.3. The largest absolute Gasteiger partial charge is 0.495 e.